The molecule has 1 heterocycles. The lowest BCUT2D eigenvalue weighted by Gasteiger charge is -2.28. The number of hydrogen-bond acceptors (Lipinski definition) is 3. The normalized spacial score (nSPS) is 22.3. The van der Waals surface area contributed by atoms with Crippen molar-refractivity contribution in [3.63, 3.8) is 0 Å². The molecule has 2 unspecified atom stereocenters. The summed E-state index contributed by atoms with van der Waals surface area (Å²) in [5.41, 5.74) is 0.0989. The summed E-state index contributed by atoms with van der Waals surface area (Å²) in [6.07, 6.45) is -5.90. The summed E-state index contributed by atoms with van der Waals surface area (Å²) in [6.45, 7) is 2.62. The Morgan fingerprint density at radius 2 is 2.05 bits per heavy atom. The second kappa shape index (κ2) is 5.48. The first-order valence-corrected chi connectivity index (χ1v) is 5.95. The Labute approximate surface area is 108 Å². The fraction of sp³-hybridized carbons (Fsp3) is 0.538. The highest BCUT2D eigenvalue weighted by molar-refractivity contribution is 5.34. The van der Waals surface area contributed by atoms with Crippen LogP contribution >= 0.6 is 0 Å². The predicted octanol–water partition coefficient (Wildman–Crippen LogP) is 2.46. The van der Waals surface area contributed by atoms with Gasteiger partial charge in [0.15, 0.2) is 0 Å². The Hall–Kier alpha value is -1.11. The summed E-state index contributed by atoms with van der Waals surface area (Å²) >= 11 is 0. The molecule has 2 atom stereocenters. The van der Waals surface area contributed by atoms with Gasteiger partial charge in [0, 0.05) is 0 Å². The topological polar surface area (TPSA) is 38.7 Å². The van der Waals surface area contributed by atoms with E-state index in [1.54, 1.807) is 0 Å². The van der Waals surface area contributed by atoms with E-state index in [1.807, 2.05) is 0 Å². The lowest BCUT2D eigenvalue weighted by Crippen LogP contribution is -2.34. The SMILES string of the molecule is Cc1cc(C(F)(F)F)ccc1C(O)C1COCCO1. The fourth-order valence-electron chi connectivity index (χ4n) is 2.07. The van der Waals surface area contributed by atoms with Crippen molar-refractivity contribution in [2.45, 2.75) is 25.3 Å². The van der Waals surface area contributed by atoms with Crippen LogP contribution in [0.25, 0.3) is 0 Å². The largest absolute Gasteiger partial charge is 0.416 e. The van der Waals surface area contributed by atoms with Crippen LogP contribution in [0, 0.1) is 6.92 Å². The van der Waals surface area contributed by atoms with Crippen molar-refractivity contribution in [3.05, 3.63) is 34.9 Å². The molecule has 1 aromatic rings. The molecule has 0 spiro atoms. The van der Waals surface area contributed by atoms with E-state index in [-0.39, 0.29) is 6.61 Å². The van der Waals surface area contributed by atoms with Gasteiger partial charge < -0.3 is 14.6 Å². The lowest BCUT2D eigenvalue weighted by molar-refractivity contribution is -0.138. The second-order valence-electron chi connectivity index (χ2n) is 4.50. The molecule has 0 saturated carbocycles. The van der Waals surface area contributed by atoms with E-state index in [0.717, 1.165) is 12.1 Å². The Kier molecular flexibility index (Phi) is 4.13. The molecule has 1 fully saturated rings. The monoisotopic (exact) mass is 276 g/mol. The second-order valence-corrected chi connectivity index (χ2v) is 4.50. The van der Waals surface area contributed by atoms with Crippen LogP contribution in [-0.4, -0.2) is 31.0 Å². The van der Waals surface area contributed by atoms with Gasteiger partial charge in [-0.05, 0) is 30.2 Å². The van der Waals surface area contributed by atoms with Gasteiger partial charge in [-0.15, -0.1) is 0 Å². The molecule has 3 nitrogen and oxygen atoms in total. The Balaban J connectivity index is 2.20. The van der Waals surface area contributed by atoms with Crippen molar-refractivity contribution in [3.8, 4) is 0 Å². The van der Waals surface area contributed by atoms with Crippen molar-refractivity contribution in [1.82, 2.24) is 0 Å². The predicted molar refractivity (Wildman–Crippen MR) is 61.7 cm³/mol. The number of ether oxygens (including phenoxy) is 2. The van der Waals surface area contributed by atoms with Gasteiger partial charge in [-0.25, -0.2) is 0 Å². The highest BCUT2D eigenvalue weighted by Crippen LogP contribution is 2.32. The van der Waals surface area contributed by atoms with Crippen LogP contribution in [-0.2, 0) is 15.7 Å². The van der Waals surface area contributed by atoms with E-state index in [0.29, 0.717) is 24.3 Å². The van der Waals surface area contributed by atoms with Gasteiger partial charge in [0.05, 0.1) is 25.4 Å². The number of rotatable bonds is 2. The first kappa shape index (κ1) is 14.3. The third kappa shape index (κ3) is 3.26. The van der Waals surface area contributed by atoms with E-state index in [9.17, 15) is 18.3 Å². The number of hydrogen-bond donors (Lipinski definition) is 1. The molecule has 6 heteroatoms. The quantitative estimate of drug-likeness (QED) is 0.901. The van der Waals surface area contributed by atoms with E-state index < -0.39 is 23.9 Å². The molecule has 0 bridgehead atoms. The molecule has 1 aromatic carbocycles. The number of benzene rings is 1. The molecule has 2 rings (SSSR count). The van der Waals surface area contributed by atoms with E-state index in [4.69, 9.17) is 9.47 Å². The molecule has 1 aliphatic rings. The van der Waals surface area contributed by atoms with Crippen molar-refractivity contribution < 1.29 is 27.8 Å². The Morgan fingerprint density at radius 3 is 2.58 bits per heavy atom. The minimum Gasteiger partial charge on any atom is -0.386 e. The molecule has 106 valence electrons. The van der Waals surface area contributed by atoms with Crippen LogP contribution in [0.2, 0.25) is 0 Å². The first-order valence-electron chi connectivity index (χ1n) is 5.95. The van der Waals surface area contributed by atoms with Crippen LogP contribution in [0.3, 0.4) is 0 Å². The molecular formula is C13H15F3O3. The first-order chi connectivity index (χ1) is 8.89. The van der Waals surface area contributed by atoms with Crippen molar-refractivity contribution in [2.24, 2.45) is 0 Å². The van der Waals surface area contributed by atoms with Gasteiger partial charge in [-0.3, -0.25) is 0 Å². The van der Waals surface area contributed by atoms with E-state index >= 15 is 0 Å². The van der Waals surface area contributed by atoms with Gasteiger partial charge in [0.25, 0.3) is 0 Å². The average molecular weight is 276 g/mol. The van der Waals surface area contributed by atoms with Gasteiger partial charge in [0.2, 0.25) is 0 Å². The lowest BCUT2D eigenvalue weighted by atomic mass is 9.97. The van der Waals surface area contributed by atoms with Crippen LogP contribution in [0.1, 0.15) is 22.8 Å². The zero-order valence-corrected chi connectivity index (χ0v) is 10.4. The minimum atomic E-state index is -4.38. The maximum atomic E-state index is 12.5. The molecular weight excluding hydrogens is 261 g/mol. The maximum Gasteiger partial charge on any atom is 0.416 e. The summed E-state index contributed by atoms with van der Waals surface area (Å²) in [7, 11) is 0. The minimum absolute atomic E-state index is 0.238. The summed E-state index contributed by atoms with van der Waals surface area (Å²) in [6, 6.07) is 3.29. The smallest absolute Gasteiger partial charge is 0.386 e. The molecule has 0 aliphatic carbocycles. The molecule has 0 amide bonds. The average Bonchev–Trinajstić information content (AvgIpc) is 2.38. The van der Waals surface area contributed by atoms with Gasteiger partial charge in [0.1, 0.15) is 12.2 Å². The zero-order chi connectivity index (χ0) is 14.0. The van der Waals surface area contributed by atoms with Crippen molar-refractivity contribution in [2.75, 3.05) is 19.8 Å². The number of halogens is 3. The number of aliphatic hydroxyl groups is 1. The van der Waals surface area contributed by atoms with Crippen LogP contribution in [0.4, 0.5) is 13.2 Å². The molecule has 0 aromatic heterocycles. The molecule has 1 N–H and O–H groups in total. The Morgan fingerprint density at radius 1 is 1.32 bits per heavy atom. The third-order valence-corrected chi connectivity index (χ3v) is 3.11. The number of alkyl halides is 3. The summed E-state index contributed by atoms with van der Waals surface area (Å²) < 4.78 is 48.2. The van der Waals surface area contributed by atoms with E-state index in [1.165, 1.54) is 13.0 Å². The van der Waals surface area contributed by atoms with Crippen molar-refractivity contribution in [1.29, 1.82) is 0 Å². The fourth-order valence-corrected chi connectivity index (χ4v) is 2.07. The molecule has 19 heavy (non-hydrogen) atoms. The molecule has 1 aliphatic heterocycles. The number of aliphatic hydroxyl groups excluding tert-OH is 1. The van der Waals surface area contributed by atoms with Gasteiger partial charge in [-0.2, -0.15) is 13.2 Å². The zero-order valence-electron chi connectivity index (χ0n) is 10.4. The standard InChI is InChI=1S/C13H15F3O3/c1-8-6-9(13(14,15)16)2-3-10(8)12(17)11-7-18-4-5-19-11/h2-3,6,11-12,17H,4-5,7H2,1H3. The highest BCUT2D eigenvalue weighted by atomic mass is 19.4. The maximum absolute atomic E-state index is 12.5. The van der Waals surface area contributed by atoms with Crippen LogP contribution < -0.4 is 0 Å². The van der Waals surface area contributed by atoms with Crippen LogP contribution in [0.15, 0.2) is 18.2 Å². The molecule has 0 radical (unpaired) electrons. The van der Waals surface area contributed by atoms with Gasteiger partial charge in [-0.1, -0.05) is 6.07 Å². The van der Waals surface area contributed by atoms with Crippen molar-refractivity contribution >= 4 is 0 Å². The summed E-state index contributed by atoms with van der Waals surface area (Å²) in [5, 5.41) is 10.1. The third-order valence-electron chi connectivity index (χ3n) is 3.11. The van der Waals surface area contributed by atoms with E-state index in [2.05, 4.69) is 0 Å². The Bertz CT molecular complexity index is 439. The van der Waals surface area contributed by atoms with Crippen LogP contribution in [0.5, 0.6) is 0 Å². The molecule has 1 saturated heterocycles. The summed E-state index contributed by atoms with van der Waals surface area (Å²) in [5.74, 6) is 0. The summed E-state index contributed by atoms with van der Waals surface area (Å²) in [4.78, 5) is 0. The van der Waals surface area contributed by atoms with Gasteiger partial charge >= 0.3 is 6.18 Å². The highest BCUT2D eigenvalue weighted by Gasteiger charge is 2.32. The number of aryl methyl sites for hydroxylation is 1.